The first kappa shape index (κ1) is 18.8. The highest BCUT2D eigenvalue weighted by molar-refractivity contribution is 4.73. The van der Waals surface area contributed by atoms with Crippen molar-refractivity contribution in [3.8, 4) is 0 Å². The minimum Gasteiger partial charge on any atom is -0.330 e. The zero-order chi connectivity index (χ0) is 14.3. The quantitative estimate of drug-likeness (QED) is 0.420. The van der Waals surface area contributed by atoms with Crippen LogP contribution >= 0.6 is 0 Å². The van der Waals surface area contributed by atoms with E-state index in [1.807, 2.05) is 0 Å². The second-order valence-electron chi connectivity index (χ2n) is 5.40. The maximum absolute atomic E-state index is 5.78. The van der Waals surface area contributed by atoms with Gasteiger partial charge < -0.3 is 22.1 Å². The Morgan fingerprint density at radius 1 is 0.737 bits per heavy atom. The van der Waals surface area contributed by atoms with Gasteiger partial charge in [-0.15, -0.1) is 0 Å². The molecular weight excluding hydrogens is 236 g/mol. The van der Waals surface area contributed by atoms with Crippen LogP contribution in [0, 0.1) is 0 Å². The first-order chi connectivity index (χ1) is 9.29. The second kappa shape index (κ2) is 14.3. The molecule has 6 N–H and O–H groups in total. The van der Waals surface area contributed by atoms with E-state index in [0.29, 0.717) is 6.04 Å². The zero-order valence-electron chi connectivity index (χ0n) is 12.9. The van der Waals surface area contributed by atoms with Gasteiger partial charge in [-0.3, -0.25) is 0 Å². The summed E-state index contributed by atoms with van der Waals surface area (Å²) in [5.41, 5.74) is 17.0. The van der Waals surface area contributed by atoms with Crippen molar-refractivity contribution < 1.29 is 0 Å². The molecule has 0 aliphatic heterocycles. The van der Waals surface area contributed by atoms with E-state index in [0.717, 1.165) is 52.0 Å². The molecule has 0 amide bonds. The molecule has 0 saturated heterocycles. The molecule has 0 spiro atoms. The Bertz CT molecular complexity index is 176. The molecule has 4 nitrogen and oxygen atoms in total. The van der Waals surface area contributed by atoms with Crippen LogP contribution in [0.5, 0.6) is 0 Å². The van der Waals surface area contributed by atoms with E-state index in [9.17, 15) is 0 Å². The van der Waals surface area contributed by atoms with Crippen molar-refractivity contribution >= 4 is 0 Å². The van der Waals surface area contributed by atoms with Crippen LogP contribution in [-0.4, -0.2) is 43.7 Å². The largest absolute Gasteiger partial charge is 0.330 e. The summed E-state index contributed by atoms with van der Waals surface area (Å²) in [5.74, 6) is 0. The molecule has 0 aromatic heterocycles. The normalized spacial score (nSPS) is 13.1. The van der Waals surface area contributed by atoms with Crippen molar-refractivity contribution in [2.75, 3.05) is 32.7 Å². The van der Waals surface area contributed by atoms with Crippen LogP contribution in [0.3, 0.4) is 0 Å². The van der Waals surface area contributed by atoms with E-state index in [2.05, 4.69) is 11.8 Å². The van der Waals surface area contributed by atoms with E-state index >= 15 is 0 Å². The monoisotopic (exact) mass is 272 g/mol. The molecule has 19 heavy (non-hydrogen) atoms. The van der Waals surface area contributed by atoms with E-state index in [4.69, 9.17) is 17.2 Å². The fourth-order valence-corrected chi connectivity index (χ4v) is 2.56. The van der Waals surface area contributed by atoms with E-state index in [1.54, 1.807) is 0 Å². The number of unbranched alkanes of at least 4 members (excludes halogenated alkanes) is 3. The third-order valence-electron chi connectivity index (χ3n) is 3.71. The molecule has 0 aliphatic carbocycles. The van der Waals surface area contributed by atoms with Gasteiger partial charge in [0.05, 0.1) is 0 Å². The van der Waals surface area contributed by atoms with Gasteiger partial charge in [0.25, 0.3) is 0 Å². The highest BCUT2D eigenvalue weighted by Gasteiger charge is 2.16. The fourth-order valence-electron chi connectivity index (χ4n) is 2.56. The van der Waals surface area contributed by atoms with Gasteiger partial charge in [-0.2, -0.15) is 0 Å². The molecule has 0 rings (SSSR count). The van der Waals surface area contributed by atoms with Crippen molar-refractivity contribution in [1.29, 1.82) is 0 Å². The Balaban J connectivity index is 4.24. The van der Waals surface area contributed by atoms with Gasteiger partial charge in [0.1, 0.15) is 0 Å². The fraction of sp³-hybridized carbons (Fsp3) is 1.00. The molecule has 1 unspecified atom stereocenters. The number of hydrogen-bond acceptors (Lipinski definition) is 4. The molecule has 4 heteroatoms. The molecule has 0 heterocycles. The van der Waals surface area contributed by atoms with Crippen molar-refractivity contribution in [1.82, 2.24) is 4.90 Å². The third kappa shape index (κ3) is 10.3. The van der Waals surface area contributed by atoms with E-state index in [1.165, 1.54) is 32.1 Å². The topological polar surface area (TPSA) is 81.3 Å². The van der Waals surface area contributed by atoms with Crippen molar-refractivity contribution in [2.45, 2.75) is 64.3 Å². The van der Waals surface area contributed by atoms with E-state index < -0.39 is 0 Å². The number of rotatable bonds is 14. The van der Waals surface area contributed by atoms with Crippen LogP contribution in [-0.2, 0) is 0 Å². The van der Waals surface area contributed by atoms with Gasteiger partial charge in [-0.05, 0) is 64.8 Å². The smallest absolute Gasteiger partial charge is 0.0107 e. The van der Waals surface area contributed by atoms with E-state index in [-0.39, 0.29) is 0 Å². The molecule has 0 aromatic rings. The molecule has 116 valence electrons. The van der Waals surface area contributed by atoms with Crippen molar-refractivity contribution in [2.24, 2.45) is 17.2 Å². The molecule has 0 saturated carbocycles. The summed E-state index contributed by atoms with van der Waals surface area (Å²) in [6, 6.07) is 0.640. The third-order valence-corrected chi connectivity index (χ3v) is 3.71. The highest BCUT2D eigenvalue weighted by Crippen LogP contribution is 2.14. The van der Waals surface area contributed by atoms with Crippen LogP contribution in [0.15, 0.2) is 0 Å². The van der Waals surface area contributed by atoms with Gasteiger partial charge in [0.15, 0.2) is 0 Å². The van der Waals surface area contributed by atoms with Crippen LogP contribution < -0.4 is 17.2 Å². The Kier molecular flexibility index (Phi) is 14.1. The minimum atomic E-state index is 0.640. The molecule has 0 aliphatic rings. The average molecular weight is 272 g/mol. The number of hydrogen-bond donors (Lipinski definition) is 3. The van der Waals surface area contributed by atoms with Crippen LogP contribution in [0.25, 0.3) is 0 Å². The summed E-state index contributed by atoms with van der Waals surface area (Å²) >= 11 is 0. The number of nitrogens with zero attached hydrogens (tertiary/aromatic N) is 1. The SMILES string of the molecule is CCCCCC(CCN)N(CCCN)CCCCN. The lowest BCUT2D eigenvalue weighted by molar-refractivity contribution is 0.171. The van der Waals surface area contributed by atoms with Crippen LogP contribution in [0.2, 0.25) is 0 Å². The number of nitrogens with two attached hydrogens (primary N) is 3. The first-order valence-corrected chi connectivity index (χ1v) is 8.14. The zero-order valence-corrected chi connectivity index (χ0v) is 12.9. The van der Waals surface area contributed by atoms with Gasteiger partial charge in [0.2, 0.25) is 0 Å². The van der Waals surface area contributed by atoms with Crippen molar-refractivity contribution in [3.63, 3.8) is 0 Å². The lowest BCUT2D eigenvalue weighted by atomic mass is 10.0. The van der Waals surface area contributed by atoms with Crippen LogP contribution in [0.4, 0.5) is 0 Å². The maximum atomic E-state index is 5.78. The Hall–Kier alpha value is -0.160. The summed E-state index contributed by atoms with van der Waals surface area (Å²) in [7, 11) is 0. The molecule has 0 radical (unpaired) electrons. The lowest BCUT2D eigenvalue weighted by Gasteiger charge is -2.32. The van der Waals surface area contributed by atoms with Crippen molar-refractivity contribution in [3.05, 3.63) is 0 Å². The Morgan fingerprint density at radius 2 is 1.42 bits per heavy atom. The summed E-state index contributed by atoms with van der Waals surface area (Å²) in [4.78, 5) is 2.60. The predicted octanol–water partition coefficient (Wildman–Crippen LogP) is 1.67. The molecule has 0 aromatic carbocycles. The standard InChI is InChI=1S/C15H36N4/c1-2-3-4-8-15(9-12-18)19(14-7-11-17)13-6-5-10-16/h15H,2-14,16-18H2,1H3. The first-order valence-electron chi connectivity index (χ1n) is 8.14. The summed E-state index contributed by atoms with van der Waals surface area (Å²) in [6.07, 6.45) is 9.70. The summed E-state index contributed by atoms with van der Waals surface area (Å²) < 4.78 is 0. The van der Waals surface area contributed by atoms with Crippen LogP contribution in [0.1, 0.15) is 58.3 Å². The highest BCUT2D eigenvalue weighted by atomic mass is 15.1. The molecule has 1 atom stereocenters. The molecule has 0 bridgehead atoms. The second-order valence-corrected chi connectivity index (χ2v) is 5.40. The molecule has 0 fully saturated rings. The maximum Gasteiger partial charge on any atom is 0.0107 e. The minimum absolute atomic E-state index is 0.640. The van der Waals surface area contributed by atoms with Gasteiger partial charge in [0, 0.05) is 6.04 Å². The predicted molar refractivity (Wildman–Crippen MR) is 85.1 cm³/mol. The summed E-state index contributed by atoms with van der Waals surface area (Å²) in [5, 5.41) is 0. The Labute approximate surface area is 120 Å². The summed E-state index contributed by atoms with van der Waals surface area (Å²) in [6.45, 7) is 6.86. The average Bonchev–Trinajstić information content (AvgIpc) is 2.42. The van der Waals surface area contributed by atoms with Gasteiger partial charge >= 0.3 is 0 Å². The Morgan fingerprint density at radius 3 is 2.00 bits per heavy atom. The molecular formula is C15H36N4. The lowest BCUT2D eigenvalue weighted by Crippen LogP contribution is -2.39. The van der Waals surface area contributed by atoms with Gasteiger partial charge in [-0.25, -0.2) is 0 Å². The van der Waals surface area contributed by atoms with Gasteiger partial charge in [-0.1, -0.05) is 26.2 Å².